The Morgan fingerprint density at radius 2 is 1.63 bits per heavy atom. The summed E-state index contributed by atoms with van der Waals surface area (Å²) in [5.74, 6) is 0.0608. The molecule has 2 N–H and O–H groups in total. The summed E-state index contributed by atoms with van der Waals surface area (Å²) in [7, 11) is 0. The molecule has 1 heterocycles. The van der Waals surface area contributed by atoms with E-state index in [2.05, 4.69) is 79.0 Å². The fourth-order valence-corrected chi connectivity index (χ4v) is 5.31. The zero-order valence-electron chi connectivity index (χ0n) is 20.5. The molecule has 5 heteroatoms. The van der Waals surface area contributed by atoms with Crippen LogP contribution in [-0.2, 0) is 9.59 Å². The van der Waals surface area contributed by atoms with Gasteiger partial charge in [0.15, 0.2) is 0 Å². The molecule has 3 aromatic rings. The molecule has 184 valence electrons. The van der Waals surface area contributed by atoms with Crippen LogP contribution in [0.25, 0.3) is 10.8 Å². The van der Waals surface area contributed by atoms with Crippen molar-refractivity contribution in [3.63, 3.8) is 0 Å². The van der Waals surface area contributed by atoms with Crippen LogP contribution < -0.4 is 5.32 Å². The number of aliphatic carboxylic acids is 1. The maximum Gasteiger partial charge on any atom is 0.303 e. The lowest BCUT2D eigenvalue weighted by Crippen LogP contribution is -2.31. The molecule has 5 nitrogen and oxygen atoms in total. The summed E-state index contributed by atoms with van der Waals surface area (Å²) in [5.41, 5.74) is 2.58. The fraction of sp³-hybridized carbons (Fsp3) is 0.400. The number of likely N-dealkylation sites (tertiary alicyclic amines) is 1. The number of carboxylic acids is 1. The maximum atomic E-state index is 13.0. The van der Waals surface area contributed by atoms with E-state index in [1.807, 2.05) is 11.0 Å². The van der Waals surface area contributed by atoms with Crippen molar-refractivity contribution in [1.82, 2.24) is 10.2 Å². The van der Waals surface area contributed by atoms with Gasteiger partial charge in [-0.1, -0.05) is 79.2 Å². The van der Waals surface area contributed by atoms with Gasteiger partial charge in [-0.3, -0.25) is 9.59 Å². The highest BCUT2D eigenvalue weighted by Crippen LogP contribution is 2.34. The second-order valence-electron chi connectivity index (χ2n) is 9.73. The van der Waals surface area contributed by atoms with E-state index < -0.39 is 5.97 Å². The molecule has 0 radical (unpaired) electrons. The van der Waals surface area contributed by atoms with Crippen LogP contribution in [0.15, 0.2) is 72.8 Å². The zero-order chi connectivity index (χ0) is 24.6. The van der Waals surface area contributed by atoms with Gasteiger partial charge in [-0.25, -0.2) is 0 Å². The molecular formula is C30H36N2O3. The molecule has 0 bridgehead atoms. The van der Waals surface area contributed by atoms with Gasteiger partial charge in [0.25, 0.3) is 0 Å². The first-order chi connectivity index (χ1) is 17.0. The van der Waals surface area contributed by atoms with Crippen molar-refractivity contribution < 1.29 is 14.7 Å². The Balaban J connectivity index is 1.40. The first-order valence-electron chi connectivity index (χ1n) is 12.8. The Kier molecular flexibility index (Phi) is 8.54. The number of hydrogen-bond acceptors (Lipinski definition) is 3. The minimum absolute atomic E-state index is 0.177. The predicted octanol–water partition coefficient (Wildman–Crippen LogP) is 5.77. The molecule has 0 unspecified atom stereocenters. The van der Waals surface area contributed by atoms with Gasteiger partial charge in [-0.15, -0.1) is 0 Å². The molecule has 4 rings (SSSR count). The minimum Gasteiger partial charge on any atom is -0.481 e. The number of fused-ring (bicyclic) bond motifs is 1. The summed E-state index contributed by atoms with van der Waals surface area (Å²) < 4.78 is 0. The third-order valence-corrected chi connectivity index (χ3v) is 7.28. The predicted molar refractivity (Wildman–Crippen MR) is 140 cm³/mol. The number of carboxylic acid groups (broad SMARTS) is 1. The monoisotopic (exact) mass is 472 g/mol. The molecule has 3 aromatic carbocycles. The molecule has 1 fully saturated rings. The van der Waals surface area contributed by atoms with Gasteiger partial charge in [0, 0.05) is 44.4 Å². The van der Waals surface area contributed by atoms with Crippen LogP contribution in [0.1, 0.15) is 62.1 Å². The van der Waals surface area contributed by atoms with Gasteiger partial charge >= 0.3 is 5.97 Å². The fourth-order valence-electron chi connectivity index (χ4n) is 5.31. The third kappa shape index (κ3) is 6.49. The van der Waals surface area contributed by atoms with Crippen molar-refractivity contribution in [3.8, 4) is 0 Å². The van der Waals surface area contributed by atoms with E-state index in [1.54, 1.807) is 0 Å². The van der Waals surface area contributed by atoms with E-state index in [0.29, 0.717) is 24.7 Å². The first-order valence-corrected chi connectivity index (χ1v) is 12.8. The molecule has 1 aliphatic rings. The number of nitrogens with one attached hydrogen (secondary N) is 1. The summed E-state index contributed by atoms with van der Waals surface area (Å²) in [5, 5.41) is 15.1. The van der Waals surface area contributed by atoms with Gasteiger partial charge in [-0.2, -0.15) is 0 Å². The standard InChI is InChI=1S/C30H36N2O3/c1-22(26-16-10-14-23-13-8-9-15-27(23)26)31-19-25-20-32(21-28(25)24-11-4-2-5-12-24)29(33)17-6-3-7-18-30(34)35/h2,4-5,8-16,22,25,28,31H,3,6-7,17-21H2,1H3,(H,34,35)/t22-,25+,28-/m1/s1. The summed E-state index contributed by atoms with van der Waals surface area (Å²) in [6.07, 6.45) is 2.83. The normalized spacial score (nSPS) is 18.6. The number of carbonyl (C=O) groups is 2. The van der Waals surface area contributed by atoms with Crippen molar-refractivity contribution in [2.24, 2.45) is 5.92 Å². The lowest BCUT2D eigenvalue weighted by molar-refractivity contribution is -0.137. The zero-order valence-corrected chi connectivity index (χ0v) is 20.5. The number of unbranched alkanes of at least 4 members (excludes halogenated alkanes) is 2. The molecule has 1 saturated heterocycles. The van der Waals surface area contributed by atoms with E-state index in [0.717, 1.165) is 32.5 Å². The summed E-state index contributed by atoms with van der Waals surface area (Å²) in [4.78, 5) is 25.7. The molecule has 0 saturated carbocycles. The number of nitrogens with zero attached hydrogens (tertiary/aromatic N) is 1. The number of hydrogen-bond donors (Lipinski definition) is 2. The minimum atomic E-state index is -0.769. The molecule has 1 amide bonds. The van der Waals surface area contributed by atoms with E-state index >= 15 is 0 Å². The lowest BCUT2D eigenvalue weighted by atomic mass is 9.88. The van der Waals surface area contributed by atoms with Crippen molar-refractivity contribution in [2.45, 2.75) is 51.0 Å². The number of rotatable bonds is 11. The lowest BCUT2D eigenvalue weighted by Gasteiger charge is -2.23. The van der Waals surface area contributed by atoms with Crippen LogP contribution in [0.4, 0.5) is 0 Å². The molecule has 35 heavy (non-hydrogen) atoms. The van der Waals surface area contributed by atoms with E-state index in [-0.39, 0.29) is 18.4 Å². The quantitative estimate of drug-likeness (QED) is 0.348. The molecule has 0 spiro atoms. The molecule has 0 aliphatic carbocycles. The van der Waals surface area contributed by atoms with Gasteiger partial charge in [0.05, 0.1) is 0 Å². The van der Waals surface area contributed by atoms with Gasteiger partial charge in [0.2, 0.25) is 5.91 Å². The molecular weight excluding hydrogens is 436 g/mol. The largest absolute Gasteiger partial charge is 0.481 e. The Morgan fingerprint density at radius 3 is 2.43 bits per heavy atom. The number of carbonyl (C=O) groups excluding carboxylic acids is 1. The second kappa shape index (κ2) is 12.0. The van der Waals surface area contributed by atoms with Crippen LogP contribution in [0, 0.1) is 5.92 Å². The first kappa shape index (κ1) is 24.9. The molecule has 0 aromatic heterocycles. The number of benzene rings is 3. The smallest absolute Gasteiger partial charge is 0.303 e. The summed E-state index contributed by atoms with van der Waals surface area (Å²) >= 11 is 0. The molecule has 1 aliphatic heterocycles. The summed E-state index contributed by atoms with van der Waals surface area (Å²) in [6.45, 7) is 4.55. The highest BCUT2D eigenvalue weighted by Gasteiger charge is 2.35. The summed E-state index contributed by atoms with van der Waals surface area (Å²) in [6, 6.07) is 25.7. The second-order valence-corrected chi connectivity index (χ2v) is 9.73. The van der Waals surface area contributed by atoms with Crippen molar-refractivity contribution in [1.29, 1.82) is 0 Å². The van der Waals surface area contributed by atoms with Gasteiger partial charge in [0.1, 0.15) is 0 Å². The van der Waals surface area contributed by atoms with Crippen LogP contribution in [0.5, 0.6) is 0 Å². The van der Waals surface area contributed by atoms with Crippen LogP contribution in [0.2, 0.25) is 0 Å². The van der Waals surface area contributed by atoms with Crippen LogP contribution >= 0.6 is 0 Å². The number of amides is 1. The van der Waals surface area contributed by atoms with Gasteiger partial charge in [-0.05, 0) is 47.6 Å². The van der Waals surface area contributed by atoms with E-state index in [9.17, 15) is 9.59 Å². The highest BCUT2D eigenvalue weighted by molar-refractivity contribution is 5.86. The Labute approximate surface area is 208 Å². The van der Waals surface area contributed by atoms with Crippen molar-refractivity contribution >= 4 is 22.6 Å². The van der Waals surface area contributed by atoms with Crippen molar-refractivity contribution in [2.75, 3.05) is 19.6 Å². The van der Waals surface area contributed by atoms with Crippen LogP contribution in [0.3, 0.4) is 0 Å². The Morgan fingerprint density at radius 1 is 0.914 bits per heavy atom. The van der Waals surface area contributed by atoms with E-state index in [4.69, 9.17) is 5.11 Å². The average Bonchev–Trinajstić information content (AvgIpc) is 3.31. The average molecular weight is 473 g/mol. The Bertz CT molecular complexity index is 1130. The van der Waals surface area contributed by atoms with E-state index in [1.165, 1.54) is 21.9 Å². The molecule has 3 atom stereocenters. The van der Waals surface area contributed by atoms with Crippen LogP contribution in [-0.4, -0.2) is 41.5 Å². The van der Waals surface area contributed by atoms with Gasteiger partial charge < -0.3 is 15.3 Å². The maximum absolute atomic E-state index is 13.0. The topological polar surface area (TPSA) is 69.6 Å². The highest BCUT2D eigenvalue weighted by atomic mass is 16.4. The Hall–Kier alpha value is -3.18. The SMILES string of the molecule is C[C@@H](NC[C@H]1CN(C(=O)CCCCCC(=O)O)C[C@@H]1c1ccccc1)c1cccc2ccccc12. The third-order valence-electron chi connectivity index (χ3n) is 7.28. The van der Waals surface area contributed by atoms with Crippen molar-refractivity contribution in [3.05, 3.63) is 83.9 Å².